The molecular formula is C21H28N2O6. The number of carbonyl (C=O) groups is 3. The Morgan fingerprint density at radius 3 is 2.83 bits per heavy atom. The van der Waals surface area contributed by atoms with Crippen LogP contribution in [0.2, 0.25) is 0 Å². The largest absolute Gasteiger partial charge is 0.490 e. The number of ether oxygens (including phenoxy) is 3. The number of methoxy groups -OCH3 is 1. The highest BCUT2D eigenvalue weighted by Gasteiger charge is 2.39. The molecule has 0 aliphatic carbocycles. The van der Waals surface area contributed by atoms with Gasteiger partial charge in [0.15, 0.2) is 0 Å². The molecule has 0 aromatic heterocycles. The minimum Gasteiger partial charge on any atom is -0.490 e. The van der Waals surface area contributed by atoms with Crippen molar-refractivity contribution in [2.24, 2.45) is 0 Å². The van der Waals surface area contributed by atoms with Crippen LogP contribution in [0.15, 0.2) is 18.2 Å². The quantitative estimate of drug-likeness (QED) is 0.758. The van der Waals surface area contributed by atoms with E-state index in [9.17, 15) is 14.4 Å². The number of amides is 2. The van der Waals surface area contributed by atoms with Crippen LogP contribution in [0, 0.1) is 0 Å². The minimum absolute atomic E-state index is 0.0857. The van der Waals surface area contributed by atoms with Gasteiger partial charge in [-0.25, -0.2) is 0 Å². The number of hydrogen-bond donors (Lipinski definition) is 1. The van der Waals surface area contributed by atoms with E-state index < -0.39 is 0 Å². The predicted molar refractivity (Wildman–Crippen MR) is 106 cm³/mol. The van der Waals surface area contributed by atoms with Crippen molar-refractivity contribution in [3.05, 3.63) is 23.8 Å². The maximum Gasteiger partial charge on any atom is 0.308 e. The highest BCUT2D eigenvalue weighted by Crippen LogP contribution is 2.32. The molecular weight excluding hydrogens is 376 g/mol. The number of benzene rings is 1. The van der Waals surface area contributed by atoms with Crippen LogP contribution in [0.3, 0.4) is 0 Å². The Labute approximate surface area is 170 Å². The van der Waals surface area contributed by atoms with Crippen LogP contribution in [0.25, 0.3) is 0 Å². The summed E-state index contributed by atoms with van der Waals surface area (Å²) in [6, 6.07) is 4.92. The van der Waals surface area contributed by atoms with Gasteiger partial charge in [-0.2, -0.15) is 0 Å². The van der Waals surface area contributed by atoms with Crippen LogP contribution in [0.4, 0.5) is 5.69 Å². The molecule has 3 atom stereocenters. The summed E-state index contributed by atoms with van der Waals surface area (Å²) in [6.45, 7) is 2.21. The Kier molecular flexibility index (Phi) is 6.74. The van der Waals surface area contributed by atoms with Crippen molar-refractivity contribution in [1.29, 1.82) is 0 Å². The standard InChI is InChI=1S/C21H28N2O6/c1-4-5-19(24)22-13-6-9-17-15(10-13)21(26)23(2)16-8-7-14(11-20(25)27-3)29-18(16)12-28-17/h6,9-10,14,16,18H,4-5,7-8,11-12H2,1-3H3,(H,22,24)/t14-,16-,18+/m0/s1. The van der Waals surface area contributed by atoms with Crippen LogP contribution in [0.5, 0.6) is 5.75 Å². The van der Waals surface area contributed by atoms with Gasteiger partial charge >= 0.3 is 5.97 Å². The first-order valence-corrected chi connectivity index (χ1v) is 9.99. The Morgan fingerprint density at radius 2 is 2.10 bits per heavy atom. The van der Waals surface area contributed by atoms with E-state index in [2.05, 4.69) is 5.32 Å². The van der Waals surface area contributed by atoms with E-state index in [0.29, 0.717) is 36.3 Å². The smallest absolute Gasteiger partial charge is 0.308 e. The maximum absolute atomic E-state index is 13.1. The lowest BCUT2D eigenvalue weighted by atomic mass is 9.94. The molecule has 0 spiro atoms. The summed E-state index contributed by atoms with van der Waals surface area (Å²) < 4.78 is 16.7. The fourth-order valence-corrected chi connectivity index (χ4v) is 3.83. The first-order valence-electron chi connectivity index (χ1n) is 9.99. The molecule has 3 rings (SSSR count). The number of anilines is 1. The zero-order chi connectivity index (χ0) is 21.0. The van der Waals surface area contributed by atoms with Gasteiger partial charge in [-0.3, -0.25) is 14.4 Å². The molecule has 0 unspecified atom stereocenters. The van der Waals surface area contributed by atoms with Gasteiger partial charge in [-0.1, -0.05) is 6.92 Å². The number of carbonyl (C=O) groups excluding carboxylic acids is 3. The normalized spacial score (nSPS) is 23.8. The summed E-state index contributed by atoms with van der Waals surface area (Å²) in [5.74, 6) is -0.131. The maximum atomic E-state index is 13.1. The third-order valence-corrected chi connectivity index (χ3v) is 5.39. The van der Waals surface area contributed by atoms with Gasteiger partial charge in [0.05, 0.1) is 31.2 Å². The van der Waals surface area contributed by atoms with Crippen LogP contribution >= 0.6 is 0 Å². The fraction of sp³-hybridized carbons (Fsp3) is 0.571. The topological polar surface area (TPSA) is 94.2 Å². The molecule has 8 heteroatoms. The second-order valence-electron chi connectivity index (χ2n) is 7.46. The Morgan fingerprint density at radius 1 is 1.31 bits per heavy atom. The first kappa shape index (κ1) is 21.1. The first-order chi connectivity index (χ1) is 13.9. The summed E-state index contributed by atoms with van der Waals surface area (Å²) in [4.78, 5) is 38.2. The zero-order valence-corrected chi connectivity index (χ0v) is 17.1. The second-order valence-corrected chi connectivity index (χ2v) is 7.46. The number of rotatable bonds is 5. The average Bonchev–Trinajstić information content (AvgIpc) is 2.71. The third kappa shape index (κ3) is 4.87. The third-order valence-electron chi connectivity index (χ3n) is 5.39. The lowest BCUT2D eigenvalue weighted by molar-refractivity contribution is -0.151. The van der Waals surface area contributed by atoms with Crippen LogP contribution in [-0.2, 0) is 19.1 Å². The van der Waals surface area contributed by atoms with Gasteiger partial charge in [0.25, 0.3) is 5.91 Å². The molecule has 2 amide bonds. The molecule has 0 bridgehead atoms. The lowest BCUT2D eigenvalue weighted by Crippen LogP contribution is -2.53. The van der Waals surface area contributed by atoms with Crippen LogP contribution in [-0.4, -0.2) is 61.7 Å². The predicted octanol–water partition coefficient (Wildman–Crippen LogP) is 2.37. The Hall–Kier alpha value is -2.61. The summed E-state index contributed by atoms with van der Waals surface area (Å²) in [6.07, 6.45) is 2.16. The van der Waals surface area contributed by atoms with E-state index in [0.717, 1.165) is 6.42 Å². The van der Waals surface area contributed by atoms with Gasteiger partial charge in [0, 0.05) is 19.2 Å². The molecule has 0 radical (unpaired) electrons. The van der Waals surface area contributed by atoms with E-state index in [1.807, 2.05) is 6.92 Å². The van der Waals surface area contributed by atoms with Crippen LogP contribution in [0.1, 0.15) is 49.4 Å². The number of fused-ring (bicyclic) bond motifs is 2. The molecule has 158 valence electrons. The van der Waals surface area contributed by atoms with E-state index in [-0.39, 0.29) is 49.1 Å². The van der Waals surface area contributed by atoms with E-state index in [1.165, 1.54) is 7.11 Å². The Bertz CT molecular complexity index is 780. The molecule has 0 saturated carbocycles. The number of esters is 1. The molecule has 1 aromatic rings. The molecule has 2 heterocycles. The van der Waals surface area contributed by atoms with Gasteiger partial charge < -0.3 is 24.4 Å². The van der Waals surface area contributed by atoms with E-state index >= 15 is 0 Å². The second kappa shape index (κ2) is 9.26. The van der Waals surface area contributed by atoms with Crippen molar-refractivity contribution < 1.29 is 28.6 Å². The average molecular weight is 404 g/mol. The SMILES string of the molecule is CCCC(=O)Nc1ccc2c(c1)C(=O)N(C)[C@H]1CC[C@@H](CC(=O)OC)O[C@@H]1CO2. The van der Waals surface area contributed by atoms with Crippen molar-refractivity contribution in [3.63, 3.8) is 0 Å². The minimum atomic E-state index is -0.329. The van der Waals surface area contributed by atoms with Crippen molar-refractivity contribution in [2.45, 2.75) is 57.3 Å². The van der Waals surface area contributed by atoms with Gasteiger partial charge in [-0.15, -0.1) is 0 Å². The number of nitrogens with zero attached hydrogens (tertiary/aromatic N) is 1. The molecule has 1 fully saturated rings. The van der Waals surface area contributed by atoms with E-state index in [4.69, 9.17) is 14.2 Å². The zero-order valence-electron chi connectivity index (χ0n) is 17.1. The summed E-state index contributed by atoms with van der Waals surface area (Å²) >= 11 is 0. The van der Waals surface area contributed by atoms with Crippen LogP contribution < -0.4 is 10.1 Å². The fourth-order valence-electron chi connectivity index (χ4n) is 3.83. The molecule has 1 aromatic carbocycles. The van der Waals surface area contributed by atoms with Crippen molar-refractivity contribution in [3.8, 4) is 5.75 Å². The summed E-state index contributed by atoms with van der Waals surface area (Å²) in [7, 11) is 3.11. The lowest BCUT2D eigenvalue weighted by Gasteiger charge is -2.42. The highest BCUT2D eigenvalue weighted by molar-refractivity contribution is 5.99. The van der Waals surface area contributed by atoms with E-state index in [1.54, 1.807) is 30.1 Å². The Balaban J connectivity index is 1.77. The molecule has 2 aliphatic heterocycles. The monoisotopic (exact) mass is 404 g/mol. The summed E-state index contributed by atoms with van der Waals surface area (Å²) in [5, 5.41) is 2.82. The van der Waals surface area contributed by atoms with Crippen molar-refractivity contribution in [2.75, 3.05) is 26.1 Å². The number of likely N-dealkylation sites (N-methyl/N-ethyl adjacent to an activating group) is 1. The summed E-state index contributed by atoms with van der Waals surface area (Å²) in [5.41, 5.74) is 0.986. The van der Waals surface area contributed by atoms with Crippen molar-refractivity contribution >= 4 is 23.5 Å². The van der Waals surface area contributed by atoms with Gasteiger partial charge in [-0.05, 0) is 37.5 Å². The molecule has 1 saturated heterocycles. The van der Waals surface area contributed by atoms with Crippen molar-refractivity contribution in [1.82, 2.24) is 4.90 Å². The molecule has 29 heavy (non-hydrogen) atoms. The number of nitrogens with one attached hydrogen (secondary N) is 1. The highest BCUT2D eigenvalue weighted by atomic mass is 16.5. The molecule has 2 aliphatic rings. The molecule has 1 N–H and O–H groups in total. The van der Waals surface area contributed by atoms with Gasteiger partial charge in [0.2, 0.25) is 5.91 Å². The van der Waals surface area contributed by atoms with Gasteiger partial charge in [0.1, 0.15) is 18.5 Å². The molecule has 8 nitrogen and oxygen atoms in total. The number of hydrogen-bond acceptors (Lipinski definition) is 6.